The van der Waals surface area contributed by atoms with Gasteiger partial charge >= 0.3 is 0 Å². The predicted octanol–water partition coefficient (Wildman–Crippen LogP) is 4.86. The van der Waals surface area contributed by atoms with Crippen molar-refractivity contribution < 1.29 is 0 Å². The third kappa shape index (κ3) is 5.41. The Kier molecular flexibility index (Phi) is 6.79. The van der Waals surface area contributed by atoms with Gasteiger partial charge in [-0.3, -0.25) is 0 Å². The molecule has 0 atom stereocenters. The number of nitrogens with one attached hydrogen (secondary N) is 2. The average molecular weight is 458 g/mol. The fourth-order valence-electron chi connectivity index (χ4n) is 4.84. The maximum absolute atomic E-state index is 4.86. The minimum Gasteiger partial charge on any atom is -0.378 e. The van der Waals surface area contributed by atoms with E-state index in [-0.39, 0.29) is 0 Å². The lowest BCUT2D eigenvalue weighted by atomic mass is 9.96. The summed E-state index contributed by atoms with van der Waals surface area (Å²) in [5.41, 5.74) is 5.16. The average Bonchev–Trinajstić information content (AvgIpc) is 2.88. The highest BCUT2D eigenvalue weighted by Gasteiger charge is 2.21. The van der Waals surface area contributed by atoms with Crippen LogP contribution < -0.4 is 20.4 Å². The van der Waals surface area contributed by atoms with E-state index < -0.39 is 0 Å². The van der Waals surface area contributed by atoms with Gasteiger partial charge < -0.3 is 20.4 Å². The minimum atomic E-state index is 0.442. The van der Waals surface area contributed by atoms with E-state index in [9.17, 15) is 0 Å². The number of aromatic nitrogens is 3. The molecule has 2 N–H and O–H groups in total. The van der Waals surface area contributed by atoms with Gasteiger partial charge in [-0.2, -0.15) is 15.0 Å². The normalized spacial score (nSPS) is 16.1. The van der Waals surface area contributed by atoms with Crippen molar-refractivity contribution in [2.24, 2.45) is 0 Å². The summed E-state index contributed by atoms with van der Waals surface area (Å²) in [5, 5.41) is 7.05. The molecular formula is C27H35N7. The molecule has 0 unspecified atom stereocenters. The van der Waals surface area contributed by atoms with Crippen LogP contribution in [0.1, 0.15) is 48.8 Å². The van der Waals surface area contributed by atoms with Crippen LogP contribution in [0.2, 0.25) is 0 Å². The largest absolute Gasteiger partial charge is 0.378 e. The van der Waals surface area contributed by atoms with Gasteiger partial charge in [-0.1, -0.05) is 55.7 Å². The van der Waals surface area contributed by atoms with E-state index in [0.717, 1.165) is 25.5 Å². The molecule has 0 bridgehead atoms. The molecule has 0 saturated heterocycles. The Morgan fingerprint density at radius 2 is 1.62 bits per heavy atom. The molecule has 1 saturated carbocycles. The first-order valence-electron chi connectivity index (χ1n) is 12.5. The topological polar surface area (TPSA) is 69.2 Å². The lowest BCUT2D eigenvalue weighted by Crippen LogP contribution is -2.32. The molecule has 7 heteroatoms. The molecular weight excluding hydrogens is 422 g/mol. The van der Waals surface area contributed by atoms with Gasteiger partial charge in [-0.15, -0.1) is 0 Å². The smallest absolute Gasteiger partial charge is 0.232 e. The summed E-state index contributed by atoms with van der Waals surface area (Å²) in [4.78, 5) is 18.8. The van der Waals surface area contributed by atoms with Crippen LogP contribution in [0.15, 0.2) is 48.5 Å². The number of anilines is 4. The van der Waals surface area contributed by atoms with Crippen molar-refractivity contribution in [1.29, 1.82) is 0 Å². The molecule has 1 aliphatic carbocycles. The second-order valence-electron chi connectivity index (χ2n) is 9.62. The van der Waals surface area contributed by atoms with E-state index in [1.54, 1.807) is 0 Å². The minimum absolute atomic E-state index is 0.442. The van der Waals surface area contributed by atoms with Crippen molar-refractivity contribution in [3.05, 3.63) is 65.2 Å². The quantitative estimate of drug-likeness (QED) is 0.525. The van der Waals surface area contributed by atoms with Gasteiger partial charge in [0.1, 0.15) is 0 Å². The zero-order valence-electron chi connectivity index (χ0n) is 20.3. The van der Waals surface area contributed by atoms with Gasteiger partial charge in [0.25, 0.3) is 0 Å². The van der Waals surface area contributed by atoms with Crippen LogP contribution in [0.3, 0.4) is 0 Å². The molecule has 0 spiro atoms. The molecule has 178 valence electrons. The molecule has 0 amide bonds. The number of nitrogens with zero attached hydrogens (tertiary/aromatic N) is 5. The molecule has 1 fully saturated rings. The van der Waals surface area contributed by atoms with Gasteiger partial charge in [0.15, 0.2) is 0 Å². The molecule has 1 aliphatic heterocycles. The summed E-state index contributed by atoms with van der Waals surface area (Å²) in [6.07, 6.45) is 7.23. The Morgan fingerprint density at radius 1 is 0.882 bits per heavy atom. The summed E-state index contributed by atoms with van der Waals surface area (Å²) in [5.74, 6) is 2.05. The van der Waals surface area contributed by atoms with Crippen molar-refractivity contribution in [1.82, 2.24) is 15.0 Å². The third-order valence-electron chi connectivity index (χ3n) is 6.88. The molecule has 2 aromatic carbocycles. The van der Waals surface area contributed by atoms with Gasteiger partial charge in [0.05, 0.1) is 0 Å². The van der Waals surface area contributed by atoms with Gasteiger partial charge in [0, 0.05) is 45.5 Å². The summed E-state index contributed by atoms with van der Waals surface area (Å²) < 4.78 is 0. The highest BCUT2D eigenvalue weighted by molar-refractivity contribution is 5.49. The van der Waals surface area contributed by atoms with E-state index in [2.05, 4.69) is 83.1 Å². The molecule has 2 aliphatic rings. The van der Waals surface area contributed by atoms with E-state index in [4.69, 9.17) is 15.0 Å². The van der Waals surface area contributed by atoms with Gasteiger partial charge in [-0.05, 0) is 48.1 Å². The Morgan fingerprint density at radius 3 is 2.38 bits per heavy atom. The van der Waals surface area contributed by atoms with Crippen molar-refractivity contribution in [2.45, 2.75) is 57.7 Å². The van der Waals surface area contributed by atoms with Crippen LogP contribution in [0.4, 0.5) is 23.5 Å². The summed E-state index contributed by atoms with van der Waals surface area (Å²) in [6.45, 7) is 2.41. The van der Waals surface area contributed by atoms with Crippen molar-refractivity contribution in [2.75, 3.05) is 41.1 Å². The SMILES string of the molecule is CN(C)c1ccc(CNc2nc(NC3CCCCC3)nc(N3CCc4ccccc4C3)n2)cc1. The highest BCUT2D eigenvalue weighted by Crippen LogP contribution is 2.25. The van der Waals surface area contributed by atoms with Crippen molar-refractivity contribution >= 4 is 23.5 Å². The van der Waals surface area contributed by atoms with Gasteiger partial charge in [-0.25, -0.2) is 0 Å². The highest BCUT2D eigenvalue weighted by atomic mass is 15.3. The van der Waals surface area contributed by atoms with Crippen LogP contribution in [0.25, 0.3) is 0 Å². The van der Waals surface area contributed by atoms with Crippen LogP contribution in [0, 0.1) is 0 Å². The lowest BCUT2D eigenvalue weighted by molar-refractivity contribution is 0.460. The van der Waals surface area contributed by atoms with Crippen molar-refractivity contribution in [3.8, 4) is 0 Å². The Labute approximate surface area is 202 Å². The van der Waals surface area contributed by atoms with E-state index in [1.807, 2.05) is 0 Å². The standard InChI is InChI=1S/C27H35N7/c1-33(2)24-14-12-20(13-15-24)18-28-25-30-26(29-23-10-4-3-5-11-23)32-27(31-25)34-17-16-21-8-6-7-9-22(21)19-34/h6-9,12-15,23H,3-5,10-11,16-19H2,1-2H3,(H2,28,29,30,31,32). The first kappa shape index (κ1) is 22.4. The first-order chi connectivity index (χ1) is 16.6. The molecule has 2 heterocycles. The zero-order valence-corrected chi connectivity index (χ0v) is 20.3. The van der Waals surface area contributed by atoms with Crippen LogP contribution in [-0.4, -0.2) is 41.6 Å². The van der Waals surface area contributed by atoms with Crippen LogP contribution >= 0.6 is 0 Å². The fraction of sp³-hybridized carbons (Fsp3) is 0.444. The van der Waals surface area contributed by atoms with Crippen molar-refractivity contribution in [3.63, 3.8) is 0 Å². The van der Waals surface area contributed by atoms with Gasteiger partial charge in [0.2, 0.25) is 17.8 Å². The third-order valence-corrected chi connectivity index (χ3v) is 6.88. The molecule has 7 nitrogen and oxygen atoms in total. The number of hydrogen-bond acceptors (Lipinski definition) is 7. The summed E-state index contributed by atoms with van der Waals surface area (Å²) in [7, 11) is 4.11. The Hall–Kier alpha value is -3.35. The van der Waals surface area contributed by atoms with E-state index >= 15 is 0 Å². The number of rotatable bonds is 7. The van der Waals surface area contributed by atoms with E-state index in [0.29, 0.717) is 24.5 Å². The number of fused-ring (bicyclic) bond motifs is 1. The lowest BCUT2D eigenvalue weighted by Gasteiger charge is -2.29. The van der Waals surface area contributed by atoms with E-state index in [1.165, 1.54) is 54.5 Å². The second kappa shape index (κ2) is 10.3. The molecule has 0 radical (unpaired) electrons. The molecule has 5 rings (SSSR count). The predicted molar refractivity (Wildman–Crippen MR) is 140 cm³/mol. The Bertz CT molecular complexity index is 1090. The number of hydrogen-bond donors (Lipinski definition) is 2. The zero-order chi connectivity index (χ0) is 23.3. The summed E-state index contributed by atoms with van der Waals surface area (Å²) in [6, 6.07) is 17.7. The molecule has 1 aromatic heterocycles. The molecule has 3 aromatic rings. The summed E-state index contributed by atoms with van der Waals surface area (Å²) >= 11 is 0. The first-order valence-corrected chi connectivity index (χ1v) is 12.5. The second-order valence-corrected chi connectivity index (χ2v) is 9.62. The monoisotopic (exact) mass is 457 g/mol. The molecule has 34 heavy (non-hydrogen) atoms. The Balaban J connectivity index is 1.35. The maximum atomic E-state index is 4.86. The fourth-order valence-corrected chi connectivity index (χ4v) is 4.84. The number of benzene rings is 2. The van der Waals surface area contributed by atoms with Crippen LogP contribution in [-0.2, 0) is 19.5 Å². The maximum Gasteiger partial charge on any atom is 0.232 e. The van der Waals surface area contributed by atoms with Crippen LogP contribution in [0.5, 0.6) is 0 Å².